The van der Waals surface area contributed by atoms with Crippen LogP contribution in [0.25, 0.3) is 0 Å². The molecule has 0 bridgehead atoms. The molecule has 3 unspecified atom stereocenters. The van der Waals surface area contributed by atoms with E-state index in [4.69, 9.17) is 14.2 Å². The van der Waals surface area contributed by atoms with Gasteiger partial charge in [0, 0.05) is 39.9 Å². The molecule has 126 valence electrons. The highest BCUT2D eigenvalue weighted by Crippen LogP contribution is 2.08. The Morgan fingerprint density at radius 1 is 1.29 bits per heavy atom. The van der Waals surface area contributed by atoms with E-state index in [0.29, 0.717) is 32.4 Å². The Kier molecular flexibility index (Phi) is 10.2. The molecule has 0 aromatic heterocycles. The zero-order valence-corrected chi connectivity index (χ0v) is 13.7. The molecule has 1 aliphatic rings. The summed E-state index contributed by atoms with van der Waals surface area (Å²) in [5, 5.41) is 13.6. The fourth-order valence-electron chi connectivity index (χ4n) is 2.61. The van der Waals surface area contributed by atoms with Gasteiger partial charge in [-0.2, -0.15) is 0 Å². The maximum absolute atomic E-state index is 10.1. The molecule has 1 aliphatic heterocycles. The minimum atomic E-state index is -0.484. The standard InChI is InChI=1S/C15H32N2O4/c1-13(11-20-3)21-12-15(18)10-17(7-8-19-2)9-14-5-4-6-16-14/h13-16,18H,4-12H2,1-3H3. The molecule has 0 aromatic carbocycles. The molecule has 1 rings (SSSR count). The third-order valence-corrected chi connectivity index (χ3v) is 3.70. The van der Waals surface area contributed by atoms with Crippen LogP contribution in [0, 0.1) is 0 Å². The van der Waals surface area contributed by atoms with Gasteiger partial charge < -0.3 is 24.6 Å². The predicted octanol–water partition coefficient (Wildman–Crippen LogP) is 0.0992. The monoisotopic (exact) mass is 304 g/mol. The van der Waals surface area contributed by atoms with E-state index in [1.807, 2.05) is 6.92 Å². The minimum absolute atomic E-state index is 0.00794. The van der Waals surface area contributed by atoms with Crippen molar-refractivity contribution in [3.05, 3.63) is 0 Å². The first-order valence-corrected chi connectivity index (χ1v) is 7.89. The van der Waals surface area contributed by atoms with Crippen molar-refractivity contribution < 1.29 is 19.3 Å². The maximum atomic E-state index is 10.1. The summed E-state index contributed by atoms with van der Waals surface area (Å²) in [4.78, 5) is 2.25. The molecule has 0 saturated carbocycles. The van der Waals surface area contributed by atoms with Crippen LogP contribution in [0.1, 0.15) is 19.8 Å². The fourth-order valence-corrected chi connectivity index (χ4v) is 2.61. The highest BCUT2D eigenvalue weighted by Gasteiger charge is 2.20. The van der Waals surface area contributed by atoms with E-state index in [9.17, 15) is 5.11 Å². The van der Waals surface area contributed by atoms with Crippen LogP contribution in [-0.2, 0) is 14.2 Å². The van der Waals surface area contributed by atoms with E-state index in [1.165, 1.54) is 12.8 Å². The summed E-state index contributed by atoms with van der Waals surface area (Å²) >= 11 is 0. The van der Waals surface area contributed by atoms with E-state index < -0.39 is 6.10 Å². The average molecular weight is 304 g/mol. The molecule has 0 aliphatic carbocycles. The molecule has 1 fully saturated rings. The third kappa shape index (κ3) is 8.70. The molecule has 3 atom stereocenters. The zero-order valence-electron chi connectivity index (χ0n) is 13.7. The summed E-state index contributed by atoms with van der Waals surface area (Å²) in [6, 6.07) is 0.530. The molecule has 0 radical (unpaired) electrons. The smallest absolute Gasteiger partial charge is 0.0900 e. The van der Waals surface area contributed by atoms with Gasteiger partial charge >= 0.3 is 0 Å². The lowest BCUT2D eigenvalue weighted by atomic mass is 10.2. The molecule has 1 heterocycles. The second-order valence-corrected chi connectivity index (χ2v) is 5.80. The predicted molar refractivity (Wildman–Crippen MR) is 82.6 cm³/mol. The Morgan fingerprint density at radius 2 is 2.10 bits per heavy atom. The van der Waals surface area contributed by atoms with Crippen molar-refractivity contribution in [2.24, 2.45) is 0 Å². The number of hydrogen-bond donors (Lipinski definition) is 2. The summed E-state index contributed by atoms with van der Waals surface area (Å²) in [6.45, 7) is 7.01. The van der Waals surface area contributed by atoms with E-state index in [0.717, 1.165) is 19.6 Å². The Labute approximate surface area is 128 Å². The van der Waals surface area contributed by atoms with Crippen molar-refractivity contribution >= 4 is 0 Å². The number of aliphatic hydroxyl groups excluding tert-OH is 1. The zero-order chi connectivity index (χ0) is 15.5. The van der Waals surface area contributed by atoms with Crippen molar-refractivity contribution in [3.8, 4) is 0 Å². The average Bonchev–Trinajstić information content (AvgIpc) is 2.96. The Morgan fingerprint density at radius 3 is 2.71 bits per heavy atom. The summed E-state index contributed by atoms with van der Waals surface area (Å²) in [6.07, 6.45) is 1.97. The van der Waals surface area contributed by atoms with E-state index >= 15 is 0 Å². The highest BCUT2D eigenvalue weighted by molar-refractivity contribution is 4.79. The van der Waals surface area contributed by atoms with Crippen molar-refractivity contribution in [1.29, 1.82) is 0 Å². The van der Waals surface area contributed by atoms with Crippen LogP contribution < -0.4 is 5.32 Å². The first kappa shape index (κ1) is 18.8. The summed E-state index contributed by atoms with van der Waals surface area (Å²) < 4.78 is 15.7. The van der Waals surface area contributed by atoms with E-state index in [2.05, 4.69) is 10.2 Å². The van der Waals surface area contributed by atoms with Gasteiger partial charge in [-0.25, -0.2) is 0 Å². The van der Waals surface area contributed by atoms with Crippen LogP contribution in [0.3, 0.4) is 0 Å². The summed E-state index contributed by atoms with van der Waals surface area (Å²) in [5.74, 6) is 0. The number of aliphatic hydroxyl groups is 1. The first-order valence-electron chi connectivity index (χ1n) is 7.89. The number of hydrogen-bond acceptors (Lipinski definition) is 6. The van der Waals surface area contributed by atoms with E-state index in [1.54, 1.807) is 14.2 Å². The molecule has 0 amide bonds. The lowest BCUT2D eigenvalue weighted by Gasteiger charge is -2.28. The molecule has 6 heteroatoms. The summed E-state index contributed by atoms with van der Waals surface area (Å²) in [7, 11) is 3.36. The van der Waals surface area contributed by atoms with Gasteiger partial charge in [0.2, 0.25) is 0 Å². The van der Waals surface area contributed by atoms with Crippen LogP contribution in [0.4, 0.5) is 0 Å². The van der Waals surface area contributed by atoms with Gasteiger partial charge in [-0.15, -0.1) is 0 Å². The molecule has 2 N–H and O–H groups in total. The molecule has 6 nitrogen and oxygen atoms in total. The molecular formula is C15H32N2O4. The van der Waals surface area contributed by atoms with Crippen molar-refractivity contribution in [2.75, 3.05) is 60.2 Å². The Balaban J connectivity index is 2.28. The first-order chi connectivity index (χ1) is 10.2. The number of nitrogens with one attached hydrogen (secondary N) is 1. The third-order valence-electron chi connectivity index (χ3n) is 3.70. The fraction of sp³-hybridized carbons (Fsp3) is 1.00. The molecule has 1 saturated heterocycles. The quantitative estimate of drug-likeness (QED) is 0.533. The van der Waals surface area contributed by atoms with Gasteiger partial charge in [-0.05, 0) is 26.3 Å². The second kappa shape index (κ2) is 11.3. The van der Waals surface area contributed by atoms with Gasteiger partial charge in [-0.3, -0.25) is 4.90 Å². The van der Waals surface area contributed by atoms with Gasteiger partial charge in [-0.1, -0.05) is 0 Å². The molecule has 0 spiro atoms. The van der Waals surface area contributed by atoms with Crippen molar-refractivity contribution in [1.82, 2.24) is 10.2 Å². The number of nitrogens with zero attached hydrogens (tertiary/aromatic N) is 1. The number of rotatable bonds is 12. The van der Waals surface area contributed by atoms with Crippen LogP contribution in [0.2, 0.25) is 0 Å². The summed E-state index contributed by atoms with van der Waals surface area (Å²) in [5.41, 5.74) is 0. The van der Waals surface area contributed by atoms with E-state index in [-0.39, 0.29) is 6.10 Å². The van der Waals surface area contributed by atoms with Crippen LogP contribution in [0.15, 0.2) is 0 Å². The van der Waals surface area contributed by atoms with Gasteiger partial charge in [0.25, 0.3) is 0 Å². The lowest BCUT2D eigenvalue weighted by Crippen LogP contribution is -2.44. The Hall–Kier alpha value is -0.240. The van der Waals surface area contributed by atoms with Crippen molar-refractivity contribution in [2.45, 2.75) is 38.0 Å². The topological polar surface area (TPSA) is 63.2 Å². The highest BCUT2D eigenvalue weighted by atomic mass is 16.5. The number of methoxy groups -OCH3 is 2. The van der Waals surface area contributed by atoms with Crippen molar-refractivity contribution in [3.63, 3.8) is 0 Å². The van der Waals surface area contributed by atoms with Gasteiger partial charge in [0.05, 0.1) is 32.0 Å². The largest absolute Gasteiger partial charge is 0.389 e. The van der Waals surface area contributed by atoms with Crippen LogP contribution in [0.5, 0.6) is 0 Å². The second-order valence-electron chi connectivity index (χ2n) is 5.80. The van der Waals surface area contributed by atoms with Gasteiger partial charge in [0.15, 0.2) is 0 Å². The molecule has 0 aromatic rings. The normalized spacial score (nSPS) is 21.9. The minimum Gasteiger partial charge on any atom is -0.389 e. The SMILES string of the molecule is COCCN(CC(O)COC(C)COC)CC1CCCN1. The Bertz CT molecular complexity index is 250. The van der Waals surface area contributed by atoms with Gasteiger partial charge in [0.1, 0.15) is 0 Å². The molecular weight excluding hydrogens is 272 g/mol. The van der Waals surface area contributed by atoms with Crippen LogP contribution in [-0.4, -0.2) is 88.5 Å². The molecule has 21 heavy (non-hydrogen) atoms. The lowest BCUT2D eigenvalue weighted by molar-refractivity contribution is -0.0412. The maximum Gasteiger partial charge on any atom is 0.0900 e. The number of ether oxygens (including phenoxy) is 3. The van der Waals surface area contributed by atoms with Crippen LogP contribution >= 0.6 is 0 Å².